The summed E-state index contributed by atoms with van der Waals surface area (Å²) in [6.07, 6.45) is -1.27. The molecule has 0 saturated carbocycles. The van der Waals surface area contributed by atoms with Crippen molar-refractivity contribution in [1.82, 2.24) is 0 Å². The van der Waals surface area contributed by atoms with Crippen molar-refractivity contribution >= 4 is 0 Å². The zero-order valence-electron chi connectivity index (χ0n) is 7.77. The zero-order chi connectivity index (χ0) is 10.3. The van der Waals surface area contributed by atoms with Crippen LogP contribution in [0, 0.1) is 5.82 Å². The van der Waals surface area contributed by atoms with E-state index in [1.807, 2.05) is 0 Å². The molecular weight excluding hydrogens is 185 g/mol. The van der Waals surface area contributed by atoms with E-state index in [0.717, 1.165) is 0 Å². The standard InChI is InChI=1S/C10H12FNO2/c1-5-10(13)9(12)8-6(11)3-2-4-7(8)14-5/h2-5,9-10,13H,12H2,1H3. The third kappa shape index (κ3) is 1.27. The fourth-order valence-corrected chi connectivity index (χ4v) is 1.68. The Morgan fingerprint density at radius 1 is 1.50 bits per heavy atom. The molecule has 3 unspecified atom stereocenters. The van der Waals surface area contributed by atoms with Crippen LogP contribution < -0.4 is 10.5 Å². The molecule has 0 aliphatic carbocycles. The third-order valence-electron chi connectivity index (χ3n) is 2.51. The lowest BCUT2D eigenvalue weighted by molar-refractivity contribution is 0.0111. The van der Waals surface area contributed by atoms with E-state index < -0.39 is 24.1 Å². The molecule has 4 heteroatoms. The lowest BCUT2D eigenvalue weighted by Gasteiger charge is -2.33. The Morgan fingerprint density at radius 2 is 2.21 bits per heavy atom. The molecule has 76 valence electrons. The van der Waals surface area contributed by atoms with Crippen molar-refractivity contribution in [2.24, 2.45) is 5.73 Å². The van der Waals surface area contributed by atoms with Crippen LogP contribution in [0.5, 0.6) is 5.75 Å². The molecule has 0 bridgehead atoms. The summed E-state index contributed by atoms with van der Waals surface area (Å²) in [6.45, 7) is 1.71. The number of aliphatic hydroxyl groups is 1. The van der Waals surface area contributed by atoms with E-state index in [9.17, 15) is 9.50 Å². The van der Waals surface area contributed by atoms with Gasteiger partial charge in [0.25, 0.3) is 0 Å². The van der Waals surface area contributed by atoms with Gasteiger partial charge in [0.15, 0.2) is 0 Å². The SMILES string of the molecule is CC1Oc2cccc(F)c2C(N)C1O. The van der Waals surface area contributed by atoms with E-state index in [4.69, 9.17) is 10.5 Å². The van der Waals surface area contributed by atoms with Crippen LogP contribution in [-0.4, -0.2) is 17.3 Å². The van der Waals surface area contributed by atoms with E-state index in [2.05, 4.69) is 0 Å². The molecule has 2 rings (SSSR count). The number of nitrogens with two attached hydrogens (primary N) is 1. The van der Waals surface area contributed by atoms with Crippen molar-refractivity contribution in [3.8, 4) is 5.75 Å². The molecule has 3 nitrogen and oxygen atoms in total. The fourth-order valence-electron chi connectivity index (χ4n) is 1.68. The van der Waals surface area contributed by atoms with Crippen LogP contribution >= 0.6 is 0 Å². The second-order valence-electron chi connectivity index (χ2n) is 3.49. The summed E-state index contributed by atoms with van der Waals surface area (Å²) in [5, 5.41) is 9.60. The molecule has 0 saturated heterocycles. The first-order chi connectivity index (χ1) is 6.61. The number of rotatable bonds is 0. The molecule has 14 heavy (non-hydrogen) atoms. The summed E-state index contributed by atoms with van der Waals surface area (Å²) in [6, 6.07) is 3.81. The van der Waals surface area contributed by atoms with Crippen molar-refractivity contribution in [3.05, 3.63) is 29.6 Å². The molecule has 3 atom stereocenters. The molecule has 0 amide bonds. The number of aliphatic hydroxyl groups excluding tert-OH is 1. The lowest BCUT2D eigenvalue weighted by Crippen LogP contribution is -2.42. The van der Waals surface area contributed by atoms with Gasteiger partial charge in [-0.2, -0.15) is 0 Å². The zero-order valence-corrected chi connectivity index (χ0v) is 7.77. The Bertz CT molecular complexity index is 356. The highest BCUT2D eigenvalue weighted by Gasteiger charge is 2.34. The van der Waals surface area contributed by atoms with Gasteiger partial charge in [0.2, 0.25) is 0 Å². The van der Waals surface area contributed by atoms with E-state index >= 15 is 0 Å². The highest BCUT2D eigenvalue weighted by molar-refractivity contribution is 5.39. The maximum Gasteiger partial charge on any atom is 0.131 e. The summed E-state index contributed by atoms with van der Waals surface area (Å²) < 4.78 is 18.7. The molecule has 0 fully saturated rings. The molecule has 0 spiro atoms. The molecule has 1 heterocycles. The lowest BCUT2D eigenvalue weighted by atomic mass is 9.95. The maximum atomic E-state index is 13.4. The van der Waals surface area contributed by atoms with Crippen LogP contribution in [0.4, 0.5) is 4.39 Å². The minimum Gasteiger partial charge on any atom is -0.487 e. The van der Waals surface area contributed by atoms with E-state index in [1.165, 1.54) is 6.07 Å². The van der Waals surface area contributed by atoms with Gasteiger partial charge >= 0.3 is 0 Å². The van der Waals surface area contributed by atoms with Gasteiger partial charge in [-0.15, -0.1) is 0 Å². The van der Waals surface area contributed by atoms with Crippen LogP contribution in [0.15, 0.2) is 18.2 Å². The van der Waals surface area contributed by atoms with Crippen LogP contribution in [-0.2, 0) is 0 Å². The number of hydrogen-bond acceptors (Lipinski definition) is 3. The highest BCUT2D eigenvalue weighted by Crippen LogP contribution is 2.34. The van der Waals surface area contributed by atoms with Crippen molar-refractivity contribution in [2.75, 3.05) is 0 Å². The van der Waals surface area contributed by atoms with Gasteiger partial charge in [0, 0.05) is 5.56 Å². The molecular formula is C10H12FNO2. The molecule has 1 aliphatic rings. The summed E-state index contributed by atoms with van der Waals surface area (Å²) in [7, 11) is 0. The minimum atomic E-state index is -0.862. The van der Waals surface area contributed by atoms with E-state index in [1.54, 1.807) is 19.1 Å². The Morgan fingerprint density at radius 3 is 2.93 bits per heavy atom. The van der Waals surface area contributed by atoms with Gasteiger partial charge in [-0.25, -0.2) is 4.39 Å². The number of hydrogen-bond donors (Lipinski definition) is 2. The molecule has 3 N–H and O–H groups in total. The molecule has 1 aromatic carbocycles. The Kier molecular flexibility index (Phi) is 2.17. The van der Waals surface area contributed by atoms with Gasteiger partial charge in [-0.3, -0.25) is 0 Å². The third-order valence-corrected chi connectivity index (χ3v) is 2.51. The predicted molar refractivity (Wildman–Crippen MR) is 49.4 cm³/mol. The number of ether oxygens (including phenoxy) is 1. The average molecular weight is 197 g/mol. The van der Waals surface area contributed by atoms with Gasteiger partial charge in [-0.05, 0) is 19.1 Å². The van der Waals surface area contributed by atoms with E-state index in [0.29, 0.717) is 5.75 Å². The smallest absolute Gasteiger partial charge is 0.131 e. The van der Waals surface area contributed by atoms with Crippen molar-refractivity contribution in [3.63, 3.8) is 0 Å². The average Bonchev–Trinajstić information content (AvgIpc) is 2.14. The van der Waals surface area contributed by atoms with Crippen molar-refractivity contribution < 1.29 is 14.2 Å². The molecule has 0 radical (unpaired) electrons. The highest BCUT2D eigenvalue weighted by atomic mass is 19.1. The minimum absolute atomic E-state index is 0.262. The van der Waals surface area contributed by atoms with Crippen LogP contribution in [0.3, 0.4) is 0 Å². The second-order valence-corrected chi connectivity index (χ2v) is 3.49. The number of benzene rings is 1. The fraction of sp³-hybridized carbons (Fsp3) is 0.400. The van der Waals surface area contributed by atoms with Crippen molar-refractivity contribution in [2.45, 2.75) is 25.2 Å². The predicted octanol–water partition coefficient (Wildman–Crippen LogP) is 0.967. The Balaban J connectivity index is 2.51. The maximum absolute atomic E-state index is 13.4. The molecule has 1 aromatic rings. The van der Waals surface area contributed by atoms with Crippen LogP contribution in [0.1, 0.15) is 18.5 Å². The largest absolute Gasteiger partial charge is 0.487 e. The monoisotopic (exact) mass is 197 g/mol. The van der Waals surface area contributed by atoms with Gasteiger partial charge in [0.1, 0.15) is 23.8 Å². The normalized spacial score (nSPS) is 30.7. The van der Waals surface area contributed by atoms with Gasteiger partial charge in [-0.1, -0.05) is 6.07 Å². The first kappa shape index (κ1) is 9.43. The van der Waals surface area contributed by atoms with Gasteiger partial charge < -0.3 is 15.6 Å². The first-order valence-electron chi connectivity index (χ1n) is 4.50. The Hall–Kier alpha value is -1.13. The van der Waals surface area contributed by atoms with Crippen molar-refractivity contribution in [1.29, 1.82) is 0 Å². The number of halogens is 1. The number of fused-ring (bicyclic) bond motifs is 1. The van der Waals surface area contributed by atoms with Gasteiger partial charge in [0.05, 0.1) is 6.04 Å². The second kappa shape index (κ2) is 3.22. The Labute approximate surface area is 81.3 Å². The molecule has 1 aliphatic heterocycles. The molecule has 0 aromatic heterocycles. The topological polar surface area (TPSA) is 55.5 Å². The summed E-state index contributed by atoms with van der Waals surface area (Å²) >= 11 is 0. The summed E-state index contributed by atoms with van der Waals surface area (Å²) in [5.74, 6) is -0.00347. The first-order valence-corrected chi connectivity index (χ1v) is 4.50. The summed E-state index contributed by atoms with van der Waals surface area (Å²) in [4.78, 5) is 0. The van der Waals surface area contributed by atoms with Crippen LogP contribution in [0.25, 0.3) is 0 Å². The van der Waals surface area contributed by atoms with Crippen LogP contribution in [0.2, 0.25) is 0 Å². The summed E-state index contributed by atoms with van der Waals surface area (Å²) in [5.41, 5.74) is 5.97. The quantitative estimate of drug-likeness (QED) is 0.651. The van der Waals surface area contributed by atoms with E-state index in [-0.39, 0.29) is 5.56 Å².